The molecule has 1 N–H and O–H groups in total. The molecule has 164 valence electrons. The number of anilines is 1. The van der Waals surface area contributed by atoms with Crippen molar-refractivity contribution in [2.24, 2.45) is 0 Å². The summed E-state index contributed by atoms with van der Waals surface area (Å²) in [5.41, 5.74) is 2.47. The van der Waals surface area contributed by atoms with E-state index in [2.05, 4.69) is 22.8 Å². The maximum atomic E-state index is 13.1. The molecule has 0 saturated carbocycles. The Morgan fingerprint density at radius 3 is 2.56 bits per heavy atom. The Bertz CT molecular complexity index is 1140. The Labute approximate surface area is 194 Å². The van der Waals surface area contributed by atoms with Crippen LogP contribution in [0.2, 0.25) is 0 Å². The molecule has 1 fully saturated rings. The van der Waals surface area contributed by atoms with Crippen molar-refractivity contribution in [3.63, 3.8) is 0 Å². The highest BCUT2D eigenvalue weighted by Gasteiger charge is 2.33. The Morgan fingerprint density at radius 2 is 1.84 bits per heavy atom. The number of hydrogen-bond donors (Lipinski definition) is 1. The van der Waals surface area contributed by atoms with Crippen LogP contribution in [-0.4, -0.2) is 42.3 Å². The summed E-state index contributed by atoms with van der Waals surface area (Å²) in [5.74, 6) is -0.269. The summed E-state index contributed by atoms with van der Waals surface area (Å²) in [4.78, 5) is 43.7. The fourth-order valence-corrected chi connectivity index (χ4v) is 6.17. The highest BCUT2D eigenvalue weighted by Crippen LogP contribution is 2.39. The van der Waals surface area contributed by atoms with Gasteiger partial charge in [-0.25, -0.2) is 0 Å². The van der Waals surface area contributed by atoms with E-state index in [0.29, 0.717) is 25.1 Å². The third-order valence-corrected chi connectivity index (χ3v) is 7.93. The summed E-state index contributed by atoms with van der Waals surface area (Å²) in [5, 5.41) is 6.88. The van der Waals surface area contributed by atoms with E-state index in [9.17, 15) is 14.4 Å². The first kappa shape index (κ1) is 20.9. The van der Waals surface area contributed by atoms with Gasteiger partial charge in [-0.1, -0.05) is 6.07 Å². The first-order valence-electron chi connectivity index (χ1n) is 10.7. The van der Waals surface area contributed by atoms with Crippen molar-refractivity contribution in [3.05, 3.63) is 74.1 Å². The predicted octanol–water partition coefficient (Wildman–Crippen LogP) is 3.84. The summed E-state index contributed by atoms with van der Waals surface area (Å²) in [6.07, 6.45) is 2.27. The molecule has 32 heavy (non-hydrogen) atoms. The average Bonchev–Trinajstić information content (AvgIpc) is 3.58. The Kier molecular flexibility index (Phi) is 5.80. The van der Waals surface area contributed by atoms with Crippen LogP contribution in [0.3, 0.4) is 0 Å². The molecule has 0 spiro atoms. The van der Waals surface area contributed by atoms with Crippen molar-refractivity contribution in [3.8, 4) is 0 Å². The van der Waals surface area contributed by atoms with Gasteiger partial charge in [-0.15, -0.1) is 22.7 Å². The summed E-state index contributed by atoms with van der Waals surface area (Å²) in [6, 6.07) is 13.1. The molecule has 0 bridgehead atoms. The van der Waals surface area contributed by atoms with Gasteiger partial charge in [0.2, 0.25) is 11.8 Å². The highest BCUT2D eigenvalue weighted by molar-refractivity contribution is 7.10. The van der Waals surface area contributed by atoms with Crippen molar-refractivity contribution in [1.82, 2.24) is 10.2 Å². The van der Waals surface area contributed by atoms with Crippen LogP contribution in [0.15, 0.2) is 53.2 Å². The van der Waals surface area contributed by atoms with Gasteiger partial charge in [0.15, 0.2) is 0 Å². The molecule has 1 saturated heterocycles. The van der Waals surface area contributed by atoms with Crippen molar-refractivity contribution < 1.29 is 14.4 Å². The number of thiophene rings is 2. The molecular weight excluding hydrogens is 442 g/mol. The molecule has 2 aliphatic heterocycles. The molecule has 2 aromatic heterocycles. The Morgan fingerprint density at radius 1 is 1.00 bits per heavy atom. The van der Waals surface area contributed by atoms with Crippen LogP contribution in [0.5, 0.6) is 0 Å². The van der Waals surface area contributed by atoms with E-state index in [4.69, 9.17) is 0 Å². The number of nitrogens with zero attached hydrogens (tertiary/aromatic N) is 2. The number of nitrogens with one attached hydrogen (secondary N) is 1. The molecule has 6 nitrogen and oxygen atoms in total. The van der Waals surface area contributed by atoms with Crippen LogP contribution in [0.1, 0.15) is 44.6 Å². The maximum absolute atomic E-state index is 13.1. The highest BCUT2D eigenvalue weighted by atomic mass is 32.1. The van der Waals surface area contributed by atoms with Crippen molar-refractivity contribution in [2.45, 2.75) is 25.3 Å². The second kappa shape index (κ2) is 8.88. The summed E-state index contributed by atoms with van der Waals surface area (Å²) in [6.45, 7) is 1.31. The maximum Gasteiger partial charge on any atom is 0.251 e. The second-order valence-electron chi connectivity index (χ2n) is 7.93. The van der Waals surface area contributed by atoms with Gasteiger partial charge in [-0.3, -0.25) is 14.4 Å². The van der Waals surface area contributed by atoms with Crippen molar-refractivity contribution >= 4 is 46.1 Å². The van der Waals surface area contributed by atoms with Crippen molar-refractivity contribution in [2.75, 3.05) is 24.5 Å². The molecule has 3 amide bonds. The molecule has 2 aliphatic rings. The molecule has 4 heterocycles. The van der Waals surface area contributed by atoms with Gasteiger partial charge in [-0.2, -0.15) is 0 Å². The minimum absolute atomic E-state index is 0.0491. The quantitative estimate of drug-likeness (QED) is 0.623. The van der Waals surface area contributed by atoms with Gasteiger partial charge in [-0.05, 0) is 65.6 Å². The molecule has 1 aromatic carbocycles. The second-order valence-corrected chi connectivity index (χ2v) is 9.91. The molecule has 5 rings (SSSR count). The topological polar surface area (TPSA) is 69.7 Å². The lowest BCUT2D eigenvalue weighted by atomic mass is 9.98. The number of rotatable bonds is 5. The van der Waals surface area contributed by atoms with E-state index in [-0.39, 0.29) is 30.3 Å². The van der Waals surface area contributed by atoms with Gasteiger partial charge in [0, 0.05) is 40.5 Å². The van der Waals surface area contributed by atoms with Gasteiger partial charge in [0.05, 0.1) is 12.6 Å². The molecule has 0 radical (unpaired) electrons. The van der Waals surface area contributed by atoms with Gasteiger partial charge in [0.25, 0.3) is 5.91 Å². The number of hydrogen-bond acceptors (Lipinski definition) is 5. The predicted molar refractivity (Wildman–Crippen MR) is 126 cm³/mol. The average molecular weight is 466 g/mol. The molecule has 1 atom stereocenters. The zero-order valence-corrected chi connectivity index (χ0v) is 19.1. The monoisotopic (exact) mass is 465 g/mol. The van der Waals surface area contributed by atoms with Crippen LogP contribution in [0, 0.1) is 0 Å². The fraction of sp³-hybridized carbons (Fsp3) is 0.292. The molecule has 8 heteroatoms. The number of amides is 3. The first-order valence-corrected chi connectivity index (χ1v) is 12.5. The van der Waals surface area contributed by atoms with Crippen LogP contribution in [-0.2, 0) is 16.0 Å². The summed E-state index contributed by atoms with van der Waals surface area (Å²) >= 11 is 3.38. The first-order chi connectivity index (χ1) is 15.6. The zero-order chi connectivity index (χ0) is 22.1. The molecular formula is C24H23N3O3S2. The number of benzene rings is 1. The third-order valence-electron chi connectivity index (χ3n) is 6.01. The lowest BCUT2D eigenvalue weighted by Gasteiger charge is -2.35. The fourth-order valence-electron chi connectivity index (χ4n) is 4.41. The molecule has 0 aliphatic carbocycles. The standard InChI is InChI=1S/C24H23N3O3S2/c28-21-4-1-11-26(21)17-7-5-16(6-8-17)24(30)25-15-22(29)27-12-9-19-18(10-14-32-19)23(27)20-3-2-13-31-20/h2-3,5-8,10,13-14,23H,1,4,9,11-12,15H2,(H,25,30)/t23-/m0/s1. The van der Waals surface area contributed by atoms with E-state index in [1.54, 1.807) is 51.8 Å². The number of fused-ring (bicyclic) bond motifs is 1. The third kappa shape index (κ3) is 3.96. The Hall–Kier alpha value is -2.97. The van der Waals surface area contributed by atoms with E-state index in [0.717, 1.165) is 23.4 Å². The SMILES string of the molecule is O=C(NCC(=O)N1CCc2sccc2[C@H]1c1cccs1)c1ccc(N2CCCC2=O)cc1. The number of carbonyl (C=O) groups is 3. The van der Waals surface area contributed by atoms with Crippen LogP contribution in [0.25, 0.3) is 0 Å². The minimum atomic E-state index is -0.293. The molecule has 3 aromatic rings. The zero-order valence-electron chi connectivity index (χ0n) is 17.5. The summed E-state index contributed by atoms with van der Waals surface area (Å²) < 4.78 is 0. The van der Waals surface area contributed by atoms with Gasteiger partial charge in [0.1, 0.15) is 0 Å². The largest absolute Gasteiger partial charge is 0.343 e. The lowest BCUT2D eigenvalue weighted by molar-refractivity contribution is -0.132. The van der Waals surface area contributed by atoms with Gasteiger partial charge < -0.3 is 15.1 Å². The van der Waals surface area contributed by atoms with Crippen molar-refractivity contribution in [1.29, 1.82) is 0 Å². The normalized spacial score (nSPS) is 18.0. The summed E-state index contributed by atoms with van der Waals surface area (Å²) in [7, 11) is 0. The van der Waals surface area contributed by atoms with E-state index >= 15 is 0 Å². The van der Waals surface area contributed by atoms with E-state index in [1.165, 1.54) is 10.4 Å². The number of carbonyl (C=O) groups excluding carboxylic acids is 3. The van der Waals surface area contributed by atoms with Gasteiger partial charge >= 0.3 is 0 Å². The van der Waals surface area contributed by atoms with Crippen LogP contribution < -0.4 is 10.2 Å². The van der Waals surface area contributed by atoms with Crippen LogP contribution >= 0.6 is 22.7 Å². The smallest absolute Gasteiger partial charge is 0.251 e. The van der Waals surface area contributed by atoms with E-state index in [1.807, 2.05) is 16.3 Å². The van der Waals surface area contributed by atoms with Crippen LogP contribution in [0.4, 0.5) is 5.69 Å². The molecule has 0 unspecified atom stereocenters. The van der Waals surface area contributed by atoms with E-state index < -0.39 is 0 Å². The lowest BCUT2D eigenvalue weighted by Crippen LogP contribution is -2.45. The minimum Gasteiger partial charge on any atom is -0.343 e. The Balaban J connectivity index is 1.25.